The van der Waals surface area contributed by atoms with Crippen LogP contribution < -0.4 is 36.3 Å². The number of benzene rings is 3. The lowest BCUT2D eigenvalue weighted by Crippen LogP contribution is -2.39. The number of amides is 1. The monoisotopic (exact) mass is 988 g/mol. The van der Waals surface area contributed by atoms with Crippen LogP contribution in [-0.2, 0) is 48.1 Å². The molecular formula is C50H60N12O10. The number of hydrogen-bond acceptors (Lipinski definition) is 18. The van der Waals surface area contributed by atoms with E-state index in [-0.39, 0.29) is 61.7 Å². The maximum absolute atomic E-state index is 12.9. The molecule has 22 nitrogen and oxygen atoms in total. The number of carbonyl (C=O) groups excluding carboxylic acids is 3. The largest absolute Gasteiger partial charge is 0.487 e. The molecule has 0 bridgehead atoms. The first-order valence-electron chi connectivity index (χ1n) is 23.6. The lowest BCUT2D eigenvalue weighted by molar-refractivity contribution is -0.128. The van der Waals surface area contributed by atoms with Gasteiger partial charge in [0, 0.05) is 69.8 Å². The molecule has 4 aromatic heterocycles. The van der Waals surface area contributed by atoms with E-state index >= 15 is 0 Å². The molecule has 22 heteroatoms. The summed E-state index contributed by atoms with van der Waals surface area (Å²) in [5.41, 5.74) is 11.0. The van der Waals surface area contributed by atoms with Crippen LogP contribution in [0.4, 0.5) is 17.3 Å². The van der Waals surface area contributed by atoms with Gasteiger partial charge in [-0.3, -0.25) is 23.6 Å². The van der Waals surface area contributed by atoms with E-state index < -0.39 is 11.7 Å². The molecule has 5 N–H and O–H groups in total. The molecule has 0 aliphatic carbocycles. The Bertz CT molecular complexity index is 2990. The summed E-state index contributed by atoms with van der Waals surface area (Å²) in [6.45, 7) is 4.29. The van der Waals surface area contributed by atoms with Gasteiger partial charge in [-0.05, 0) is 61.9 Å². The van der Waals surface area contributed by atoms with E-state index in [9.17, 15) is 19.2 Å². The number of ether oxygens (including phenoxy) is 6. The highest BCUT2D eigenvalue weighted by atomic mass is 16.5. The number of aromatic amines is 1. The lowest BCUT2D eigenvalue weighted by Gasteiger charge is -2.16. The van der Waals surface area contributed by atoms with Gasteiger partial charge < -0.3 is 49.8 Å². The van der Waals surface area contributed by atoms with Crippen molar-refractivity contribution < 1.29 is 42.8 Å². The summed E-state index contributed by atoms with van der Waals surface area (Å²) >= 11 is 0. The number of nitrogen functional groups attached to an aromatic ring is 1. The van der Waals surface area contributed by atoms with E-state index in [1.165, 1.54) is 17.8 Å². The van der Waals surface area contributed by atoms with Crippen LogP contribution in [0.1, 0.15) is 56.6 Å². The van der Waals surface area contributed by atoms with Crippen molar-refractivity contribution in [3.8, 4) is 28.8 Å². The van der Waals surface area contributed by atoms with Crippen LogP contribution in [0.3, 0.4) is 0 Å². The summed E-state index contributed by atoms with van der Waals surface area (Å²) in [7, 11) is 4.77. The number of rotatable bonds is 30. The minimum absolute atomic E-state index is 0.0145. The summed E-state index contributed by atoms with van der Waals surface area (Å²) in [6, 6.07) is 18.3. The van der Waals surface area contributed by atoms with Gasteiger partial charge in [-0.1, -0.05) is 41.6 Å². The summed E-state index contributed by atoms with van der Waals surface area (Å²) in [5.74, 6) is 1.18. The van der Waals surface area contributed by atoms with Gasteiger partial charge in [0.15, 0.2) is 28.7 Å². The van der Waals surface area contributed by atoms with E-state index in [1.54, 1.807) is 26.0 Å². The van der Waals surface area contributed by atoms with Crippen LogP contribution in [0.5, 0.6) is 17.5 Å². The zero-order valence-electron chi connectivity index (χ0n) is 40.8. The second-order valence-corrected chi connectivity index (χ2v) is 16.8. The van der Waals surface area contributed by atoms with E-state index in [0.29, 0.717) is 105 Å². The Morgan fingerprint density at radius 2 is 1.53 bits per heavy atom. The average molecular weight is 989 g/mol. The Balaban J connectivity index is 0.840. The van der Waals surface area contributed by atoms with Crippen molar-refractivity contribution in [1.82, 2.24) is 49.8 Å². The molecular weight excluding hydrogens is 929 g/mol. The van der Waals surface area contributed by atoms with Crippen molar-refractivity contribution in [1.29, 1.82) is 0 Å². The molecule has 1 atom stereocenters. The van der Waals surface area contributed by atoms with Gasteiger partial charge in [-0.25, -0.2) is 14.8 Å². The van der Waals surface area contributed by atoms with Gasteiger partial charge in [0.2, 0.25) is 5.91 Å². The average Bonchev–Trinajstić information content (AvgIpc) is 3.98. The Kier molecular flexibility index (Phi) is 18.7. The highest BCUT2D eigenvalue weighted by Gasteiger charge is 2.19. The van der Waals surface area contributed by atoms with E-state index in [1.807, 2.05) is 66.9 Å². The molecule has 72 heavy (non-hydrogen) atoms. The fraction of sp³-hybridized carbons (Fsp3) is 0.400. The van der Waals surface area contributed by atoms with Crippen molar-refractivity contribution >= 4 is 56.9 Å². The van der Waals surface area contributed by atoms with Gasteiger partial charge in [0.25, 0.3) is 0 Å². The third kappa shape index (κ3) is 14.4. The molecule has 1 amide bonds. The number of ketones is 2. The number of carbonyl (C=O) groups is 3. The molecule has 0 aliphatic rings. The normalized spacial score (nSPS) is 11.7. The molecule has 7 aromatic rings. The molecule has 1 unspecified atom stereocenters. The van der Waals surface area contributed by atoms with Crippen LogP contribution in [0, 0.1) is 0 Å². The smallest absolute Gasteiger partial charge is 0.328 e. The number of H-pyrrole nitrogens is 1. The Morgan fingerprint density at radius 3 is 2.26 bits per heavy atom. The fourth-order valence-electron chi connectivity index (χ4n) is 7.67. The van der Waals surface area contributed by atoms with Gasteiger partial charge >= 0.3 is 11.7 Å². The molecule has 4 heterocycles. The van der Waals surface area contributed by atoms with Crippen molar-refractivity contribution in [3.05, 3.63) is 94.8 Å². The first kappa shape index (κ1) is 52.0. The topological polar surface area (TPSA) is 277 Å². The minimum Gasteiger partial charge on any atom is -0.487 e. The first-order valence-corrected chi connectivity index (χ1v) is 23.6. The number of Topliss-reactive ketones (excluding diaryl/α,β-unsaturated/α-hetero) is 2. The Morgan fingerprint density at radius 1 is 0.806 bits per heavy atom. The zero-order chi connectivity index (χ0) is 50.8. The maximum Gasteiger partial charge on any atom is 0.328 e. The number of imidazole rings is 1. The molecule has 380 valence electrons. The third-order valence-electron chi connectivity index (χ3n) is 11.5. The first-order chi connectivity index (χ1) is 35.0. The number of nitrogens with two attached hydrogens (primary N) is 1. The molecule has 0 fully saturated rings. The molecule has 0 aliphatic heterocycles. The molecule has 0 saturated heterocycles. The third-order valence-corrected chi connectivity index (χ3v) is 11.5. The quantitative estimate of drug-likeness (QED) is 0.0432. The highest BCUT2D eigenvalue weighted by molar-refractivity contribution is 5.93. The number of nitrogens with one attached hydrogen (secondary N) is 3. The van der Waals surface area contributed by atoms with Gasteiger partial charge in [0.1, 0.15) is 49.0 Å². The van der Waals surface area contributed by atoms with Crippen molar-refractivity contribution in [2.45, 2.75) is 71.0 Å². The van der Waals surface area contributed by atoms with Crippen LogP contribution >= 0.6 is 0 Å². The van der Waals surface area contributed by atoms with E-state index in [4.69, 9.17) is 34.2 Å². The lowest BCUT2D eigenvalue weighted by atomic mass is 10.0. The van der Waals surface area contributed by atoms with Crippen LogP contribution in [0.25, 0.3) is 33.3 Å². The number of unbranched alkanes of at least 4 members (excludes halogenated alkanes) is 1. The number of fused-ring (bicyclic) bond motifs is 2. The van der Waals surface area contributed by atoms with Gasteiger partial charge in [-0.2, -0.15) is 9.97 Å². The highest BCUT2D eigenvalue weighted by Crippen LogP contribution is 2.35. The fourth-order valence-corrected chi connectivity index (χ4v) is 7.67. The predicted octanol–water partition coefficient (Wildman–Crippen LogP) is 5.00. The SMILES string of the molecule is COCCOc1nc(N)c2[nH]c(=O)n(Cc3ccc(CCC(=O)CCC(=O)NC(CCCCn4cc(-c5cccc(Nc6ncnc7cc(OCCOC)c(OCCOC)cc67)c5)nn4)C(C)=O)cc3)c2n1. The Hall–Kier alpha value is -7.82. The number of aryl methyl sites for hydroxylation is 2. The summed E-state index contributed by atoms with van der Waals surface area (Å²) in [5, 5.41) is 15.7. The predicted molar refractivity (Wildman–Crippen MR) is 268 cm³/mol. The van der Waals surface area contributed by atoms with Gasteiger partial charge in [0.05, 0.1) is 44.1 Å². The number of aromatic nitrogens is 9. The van der Waals surface area contributed by atoms with Crippen molar-refractivity contribution in [2.24, 2.45) is 0 Å². The maximum atomic E-state index is 12.9. The van der Waals surface area contributed by atoms with Crippen molar-refractivity contribution in [3.63, 3.8) is 0 Å². The van der Waals surface area contributed by atoms with E-state index in [2.05, 4.69) is 45.9 Å². The summed E-state index contributed by atoms with van der Waals surface area (Å²) < 4.78 is 35.9. The molecule has 3 aromatic carbocycles. The molecule has 0 spiro atoms. The van der Waals surface area contributed by atoms with E-state index in [0.717, 1.165) is 27.8 Å². The summed E-state index contributed by atoms with van der Waals surface area (Å²) in [6.07, 6.45) is 5.92. The minimum atomic E-state index is -0.660. The van der Waals surface area contributed by atoms with Crippen LogP contribution in [0.2, 0.25) is 0 Å². The number of anilines is 3. The summed E-state index contributed by atoms with van der Waals surface area (Å²) in [4.78, 5) is 71.2. The second-order valence-electron chi connectivity index (χ2n) is 16.8. The molecule has 0 radical (unpaired) electrons. The van der Waals surface area contributed by atoms with Crippen LogP contribution in [0.15, 0.2) is 78.0 Å². The number of methoxy groups -OCH3 is 3. The van der Waals surface area contributed by atoms with Crippen LogP contribution in [-0.4, -0.2) is 129 Å². The molecule has 0 saturated carbocycles. The number of hydrogen-bond donors (Lipinski definition) is 4. The zero-order valence-corrected chi connectivity index (χ0v) is 40.8. The Labute approximate surface area is 414 Å². The molecule has 7 rings (SSSR count). The number of nitrogens with zero attached hydrogens (tertiary/aromatic N) is 8. The van der Waals surface area contributed by atoms with Gasteiger partial charge in [-0.15, -0.1) is 5.10 Å². The standard InChI is InChI=1S/C50H60N12O10/c1-32(63)39(55-44(65)18-17-37(64)16-15-33-11-13-34(14-12-33)29-62-48-45(56-50(62)66)46(51)57-49(58-48)72-25-22-69-4)10-5-6-19-61-30-41(59-60-61)35-8-7-9-36(26-35)54-47-38-27-42(70-23-20-67-2)43(71-24-21-68-3)28-40(38)52-31-53-47/h7-9,11-14,26-28,30-31,39H,5-6,10,15-25,29H2,1-4H3,(H,55,65)(H,56,66)(H2,51,57,58)(H,52,53,54). The van der Waals surface area contributed by atoms with Crippen molar-refractivity contribution in [2.75, 3.05) is 72.0 Å². The second kappa shape index (κ2) is 25.9.